The van der Waals surface area contributed by atoms with E-state index in [-0.39, 0.29) is 5.91 Å². The molecular formula is C17H21N3O2. The van der Waals surface area contributed by atoms with Crippen LogP contribution in [-0.4, -0.2) is 34.0 Å². The van der Waals surface area contributed by atoms with Gasteiger partial charge < -0.3 is 9.42 Å². The smallest absolute Gasteiger partial charge is 0.230 e. The van der Waals surface area contributed by atoms with E-state index in [0.29, 0.717) is 18.1 Å². The van der Waals surface area contributed by atoms with Crippen molar-refractivity contribution in [2.75, 3.05) is 13.1 Å². The third-order valence-electron chi connectivity index (χ3n) is 4.22. The molecule has 1 aliphatic rings. The predicted molar refractivity (Wildman–Crippen MR) is 82.2 cm³/mol. The maximum absolute atomic E-state index is 12.3. The molecule has 1 saturated heterocycles. The Morgan fingerprint density at radius 3 is 2.86 bits per heavy atom. The normalized spacial score (nSPS) is 16.0. The van der Waals surface area contributed by atoms with Crippen LogP contribution in [0.2, 0.25) is 0 Å². The van der Waals surface area contributed by atoms with E-state index in [2.05, 4.69) is 16.2 Å². The quantitative estimate of drug-likeness (QED) is 0.870. The predicted octanol–water partition coefficient (Wildman–Crippen LogP) is 2.40. The van der Waals surface area contributed by atoms with Gasteiger partial charge in [-0.2, -0.15) is 0 Å². The zero-order valence-electron chi connectivity index (χ0n) is 12.9. The molecule has 2 aromatic rings. The second kappa shape index (κ2) is 6.73. The van der Waals surface area contributed by atoms with Gasteiger partial charge in [-0.05, 0) is 43.7 Å². The number of likely N-dealkylation sites (tertiary alicyclic amines) is 1. The van der Waals surface area contributed by atoms with Gasteiger partial charge in [0.1, 0.15) is 5.76 Å². The van der Waals surface area contributed by atoms with Crippen molar-refractivity contribution in [3.05, 3.63) is 47.6 Å². The van der Waals surface area contributed by atoms with Gasteiger partial charge in [0.25, 0.3) is 0 Å². The third-order valence-corrected chi connectivity index (χ3v) is 4.22. The molecule has 0 aliphatic carbocycles. The number of hydrogen-bond acceptors (Lipinski definition) is 4. The first kappa shape index (κ1) is 14.8. The minimum absolute atomic E-state index is 0.135. The summed E-state index contributed by atoms with van der Waals surface area (Å²) in [4.78, 5) is 18.4. The van der Waals surface area contributed by atoms with Gasteiger partial charge in [0.15, 0.2) is 0 Å². The molecule has 0 atom stereocenters. The Kier molecular flexibility index (Phi) is 4.51. The Morgan fingerprint density at radius 1 is 1.41 bits per heavy atom. The summed E-state index contributed by atoms with van der Waals surface area (Å²) >= 11 is 0. The molecule has 1 fully saturated rings. The molecule has 0 saturated carbocycles. The van der Waals surface area contributed by atoms with Crippen LogP contribution in [0.25, 0.3) is 0 Å². The number of carbonyl (C=O) groups excluding carboxylic acids is 1. The molecule has 1 aliphatic heterocycles. The molecule has 0 aromatic carbocycles. The number of aryl methyl sites for hydroxylation is 1. The van der Waals surface area contributed by atoms with E-state index in [4.69, 9.17) is 4.52 Å². The number of rotatable bonds is 4. The molecule has 0 unspecified atom stereocenters. The van der Waals surface area contributed by atoms with Gasteiger partial charge >= 0.3 is 0 Å². The molecule has 0 bridgehead atoms. The van der Waals surface area contributed by atoms with E-state index in [0.717, 1.165) is 38.0 Å². The average Bonchev–Trinajstić information content (AvgIpc) is 2.94. The Bertz CT molecular complexity index is 616. The van der Waals surface area contributed by atoms with Crippen molar-refractivity contribution in [3.8, 4) is 0 Å². The minimum atomic E-state index is 0.135. The number of pyridine rings is 1. The van der Waals surface area contributed by atoms with Crippen LogP contribution in [0.3, 0.4) is 0 Å². The SMILES string of the molecule is Cc1cc(CC(=O)N2CCC(Cc3cccnc3)CC2)on1. The number of aromatic nitrogens is 2. The Balaban J connectivity index is 1.48. The fraction of sp³-hybridized carbons (Fsp3) is 0.471. The van der Waals surface area contributed by atoms with Crippen molar-refractivity contribution in [1.82, 2.24) is 15.0 Å². The highest BCUT2D eigenvalue weighted by Crippen LogP contribution is 2.22. The molecule has 2 aromatic heterocycles. The maximum Gasteiger partial charge on any atom is 0.230 e. The highest BCUT2D eigenvalue weighted by molar-refractivity contribution is 5.78. The Morgan fingerprint density at radius 2 is 2.23 bits per heavy atom. The molecular weight excluding hydrogens is 278 g/mol. The summed E-state index contributed by atoms with van der Waals surface area (Å²) in [5.74, 6) is 1.43. The van der Waals surface area contributed by atoms with Crippen molar-refractivity contribution < 1.29 is 9.32 Å². The van der Waals surface area contributed by atoms with Crippen LogP contribution in [-0.2, 0) is 17.6 Å². The topological polar surface area (TPSA) is 59.2 Å². The average molecular weight is 299 g/mol. The van der Waals surface area contributed by atoms with Gasteiger partial charge in [-0.25, -0.2) is 0 Å². The highest BCUT2D eigenvalue weighted by atomic mass is 16.5. The number of nitrogens with zero attached hydrogens (tertiary/aromatic N) is 3. The summed E-state index contributed by atoms with van der Waals surface area (Å²) in [6.07, 6.45) is 7.21. The van der Waals surface area contributed by atoms with E-state index < -0.39 is 0 Å². The number of piperidine rings is 1. The lowest BCUT2D eigenvalue weighted by molar-refractivity contribution is -0.132. The summed E-state index contributed by atoms with van der Waals surface area (Å²) in [5.41, 5.74) is 2.10. The zero-order valence-corrected chi connectivity index (χ0v) is 12.9. The van der Waals surface area contributed by atoms with Crippen LogP contribution in [0.15, 0.2) is 35.1 Å². The first-order chi connectivity index (χ1) is 10.7. The molecule has 0 spiro atoms. The zero-order chi connectivity index (χ0) is 15.4. The fourth-order valence-electron chi connectivity index (χ4n) is 3.00. The fourth-order valence-corrected chi connectivity index (χ4v) is 3.00. The summed E-state index contributed by atoms with van der Waals surface area (Å²) in [7, 11) is 0. The van der Waals surface area contributed by atoms with E-state index in [1.54, 1.807) is 6.20 Å². The molecule has 22 heavy (non-hydrogen) atoms. The molecule has 0 N–H and O–H groups in total. The minimum Gasteiger partial charge on any atom is -0.361 e. The standard InChI is InChI=1S/C17H21N3O2/c1-13-9-16(22-19-13)11-17(21)20-7-4-14(5-8-20)10-15-3-2-6-18-12-15/h2-3,6,9,12,14H,4-5,7-8,10-11H2,1H3. The molecule has 3 heterocycles. The van der Waals surface area contributed by atoms with Crippen LogP contribution in [0, 0.1) is 12.8 Å². The van der Waals surface area contributed by atoms with E-state index in [1.165, 1.54) is 5.56 Å². The van der Waals surface area contributed by atoms with Gasteiger partial charge in [-0.15, -0.1) is 0 Å². The Labute approximate surface area is 130 Å². The third kappa shape index (κ3) is 3.72. The first-order valence-electron chi connectivity index (χ1n) is 7.79. The molecule has 0 radical (unpaired) electrons. The second-order valence-electron chi connectivity index (χ2n) is 6.00. The number of amides is 1. The van der Waals surface area contributed by atoms with Crippen LogP contribution < -0.4 is 0 Å². The van der Waals surface area contributed by atoms with Crippen molar-refractivity contribution in [2.45, 2.75) is 32.6 Å². The largest absolute Gasteiger partial charge is 0.361 e. The van der Waals surface area contributed by atoms with Crippen LogP contribution in [0.1, 0.15) is 29.9 Å². The van der Waals surface area contributed by atoms with E-state index in [1.807, 2.05) is 30.2 Å². The molecule has 5 heteroatoms. The van der Waals surface area contributed by atoms with Crippen molar-refractivity contribution in [2.24, 2.45) is 5.92 Å². The van der Waals surface area contributed by atoms with E-state index >= 15 is 0 Å². The van der Waals surface area contributed by atoms with Crippen LogP contribution in [0.4, 0.5) is 0 Å². The maximum atomic E-state index is 12.3. The summed E-state index contributed by atoms with van der Waals surface area (Å²) in [6, 6.07) is 5.93. The van der Waals surface area contributed by atoms with Gasteiger partial charge in [0, 0.05) is 31.5 Å². The lowest BCUT2D eigenvalue weighted by Gasteiger charge is -2.32. The lowest BCUT2D eigenvalue weighted by Crippen LogP contribution is -2.39. The van der Waals surface area contributed by atoms with Gasteiger partial charge in [-0.1, -0.05) is 11.2 Å². The Hall–Kier alpha value is -2.17. The van der Waals surface area contributed by atoms with Gasteiger partial charge in [0.05, 0.1) is 12.1 Å². The molecule has 1 amide bonds. The van der Waals surface area contributed by atoms with Crippen molar-refractivity contribution in [1.29, 1.82) is 0 Å². The summed E-state index contributed by atoms with van der Waals surface area (Å²) in [6.45, 7) is 3.52. The van der Waals surface area contributed by atoms with Gasteiger partial charge in [0.2, 0.25) is 5.91 Å². The summed E-state index contributed by atoms with van der Waals surface area (Å²) in [5, 5.41) is 3.82. The molecule has 3 rings (SSSR count). The molecule has 5 nitrogen and oxygen atoms in total. The molecule has 116 valence electrons. The van der Waals surface area contributed by atoms with Gasteiger partial charge in [-0.3, -0.25) is 9.78 Å². The monoisotopic (exact) mass is 299 g/mol. The number of hydrogen-bond donors (Lipinski definition) is 0. The van der Waals surface area contributed by atoms with Crippen molar-refractivity contribution in [3.63, 3.8) is 0 Å². The van der Waals surface area contributed by atoms with Crippen LogP contribution >= 0.6 is 0 Å². The van der Waals surface area contributed by atoms with E-state index in [9.17, 15) is 4.79 Å². The van der Waals surface area contributed by atoms with Crippen molar-refractivity contribution >= 4 is 5.91 Å². The summed E-state index contributed by atoms with van der Waals surface area (Å²) < 4.78 is 5.12. The lowest BCUT2D eigenvalue weighted by atomic mass is 9.90. The second-order valence-corrected chi connectivity index (χ2v) is 6.00. The highest BCUT2D eigenvalue weighted by Gasteiger charge is 2.23. The number of carbonyl (C=O) groups is 1. The van der Waals surface area contributed by atoms with Crippen LogP contribution in [0.5, 0.6) is 0 Å². The first-order valence-corrected chi connectivity index (χ1v) is 7.79.